The summed E-state index contributed by atoms with van der Waals surface area (Å²) in [6.07, 6.45) is 0. The van der Waals surface area contributed by atoms with Crippen molar-refractivity contribution in [2.75, 3.05) is 55.7 Å². The molecule has 5 heteroatoms. The molecule has 154 valence electrons. The lowest BCUT2D eigenvalue weighted by Gasteiger charge is -2.25. The molecule has 0 saturated heterocycles. The highest BCUT2D eigenvalue weighted by molar-refractivity contribution is 7.13. The van der Waals surface area contributed by atoms with Gasteiger partial charge < -0.3 is 9.47 Å². The van der Waals surface area contributed by atoms with E-state index < -0.39 is 0 Å². The molecule has 0 radical (unpaired) electrons. The van der Waals surface area contributed by atoms with Crippen LogP contribution in [0.2, 0.25) is 0 Å². The Morgan fingerprint density at radius 2 is 1.34 bits per heavy atom. The minimum Gasteiger partial charge on any atom is -0.445 e. The Labute approximate surface area is 179 Å². The Balaban J connectivity index is 2.38. The summed E-state index contributed by atoms with van der Waals surface area (Å²) >= 11 is 1.60. The predicted octanol–water partition coefficient (Wildman–Crippen LogP) is 3.91. The lowest BCUT2D eigenvalue weighted by Crippen LogP contribution is -2.38. The van der Waals surface area contributed by atoms with E-state index in [9.17, 15) is 0 Å². The zero-order chi connectivity index (χ0) is 21.7. The van der Waals surface area contributed by atoms with Gasteiger partial charge in [0, 0.05) is 6.07 Å². The fraction of sp³-hybridized carbons (Fsp3) is 0.417. The molecule has 1 aromatic carbocycles. The molecule has 0 aliphatic rings. The Bertz CT molecular complexity index is 971. The minimum absolute atomic E-state index is 0.558. The van der Waals surface area contributed by atoms with Crippen LogP contribution in [0.5, 0.6) is 11.5 Å². The van der Waals surface area contributed by atoms with Gasteiger partial charge in [0.25, 0.3) is 0 Å². The second-order valence-corrected chi connectivity index (χ2v) is 10.1. The van der Waals surface area contributed by atoms with Crippen LogP contribution in [-0.2, 0) is 0 Å². The van der Waals surface area contributed by atoms with Crippen LogP contribution in [0.1, 0.15) is 27.8 Å². The molecule has 1 heterocycles. The van der Waals surface area contributed by atoms with Crippen LogP contribution in [-0.4, -0.2) is 64.7 Å². The molecule has 0 atom stereocenters. The van der Waals surface area contributed by atoms with Gasteiger partial charge in [-0.05, 0) is 37.6 Å². The highest BCUT2D eigenvalue weighted by atomic mass is 32.1. The monoisotopic (exact) mass is 412 g/mol. The number of rotatable bonds is 6. The standard InChI is InChI=1S/C24H32N2O2S/c1-9-10-21-13-14-22(29-21)12-11-20-16-23(27-17-25(3,4)5)19(2)15-24(20)28-18-26(6,7)8/h13-16H,17-18H2,1-8H3/q+2. The molecule has 4 nitrogen and oxygen atoms in total. The summed E-state index contributed by atoms with van der Waals surface area (Å²) in [4.78, 5) is 2.00. The molecule has 0 fully saturated rings. The van der Waals surface area contributed by atoms with Gasteiger partial charge >= 0.3 is 0 Å². The zero-order valence-electron chi connectivity index (χ0n) is 18.8. The van der Waals surface area contributed by atoms with Crippen LogP contribution in [0.15, 0.2) is 24.3 Å². The number of hydrogen-bond acceptors (Lipinski definition) is 3. The molecule has 0 N–H and O–H groups in total. The minimum atomic E-state index is 0.558. The van der Waals surface area contributed by atoms with Gasteiger partial charge in [-0.25, -0.2) is 0 Å². The quantitative estimate of drug-likeness (QED) is 0.407. The van der Waals surface area contributed by atoms with Crippen LogP contribution < -0.4 is 9.47 Å². The van der Waals surface area contributed by atoms with Crippen molar-refractivity contribution < 1.29 is 18.4 Å². The summed E-state index contributed by atoms with van der Waals surface area (Å²) in [6.45, 7) is 5.02. The topological polar surface area (TPSA) is 18.5 Å². The SMILES string of the molecule is CC#Cc1ccc(C#Cc2cc(OC[N+](C)(C)C)c(C)cc2OC[N+](C)(C)C)s1. The number of thiophene rings is 1. The molecule has 2 rings (SSSR count). The zero-order valence-corrected chi connectivity index (χ0v) is 19.7. The van der Waals surface area contributed by atoms with Gasteiger partial charge in [-0.3, -0.25) is 8.97 Å². The second-order valence-electron chi connectivity index (χ2n) is 9.03. The van der Waals surface area contributed by atoms with E-state index in [4.69, 9.17) is 9.47 Å². The maximum atomic E-state index is 6.11. The Hall–Kier alpha value is -2.44. The van der Waals surface area contributed by atoms with E-state index in [1.807, 2.05) is 38.1 Å². The molecule has 2 aromatic rings. The molecular weight excluding hydrogens is 380 g/mol. The number of hydrogen-bond donors (Lipinski definition) is 0. The van der Waals surface area contributed by atoms with Crippen molar-refractivity contribution in [2.45, 2.75) is 13.8 Å². The first-order valence-corrected chi connectivity index (χ1v) is 10.3. The lowest BCUT2D eigenvalue weighted by molar-refractivity contribution is -0.886. The largest absolute Gasteiger partial charge is 0.445 e. The van der Waals surface area contributed by atoms with Crippen LogP contribution >= 0.6 is 11.3 Å². The van der Waals surface area contributed by atoms with E-state index >= 15 is 0 Å². The van der Waals surface area contributed by atoms with E-state index in [1.165, 1.54) is 0 Å². The number of benzene rings is 1. The molecule has 29 heavy (non-hydrogen) atoms. The van der Waals surface area contributed by atoms with Crippen LogP contribution in [0.3, 0.4) is 0 Å². The maximum absolute atomic E-state index is 6.11. The third-order valence-corrected chi connectivity index (χ3v) is 4.58. The molecule has 0 saturated carbocycles. The first-order chi connectivity index (χ1) is 13.5. The average molecular weight is 413 g/mol. The first-order valence-electron chi connectivity index (χ1n) is 9.52. The van der Waals surface area contributed by atoms with Gasteiger partial charge in [0.1, 0.15) is 11.5 Å². The summed E-state index contributed by atoms with van der Waals surface area (Å²) in [5.41, 5.74) is 1.87. The van der Waals surface area contributed by atoms with E-state index in [2.05, 4.69) is 66.0 Å². The van der Waals surface area contributed by atoms with Crippen molar-refractivity contribution in [3.05, 3.63) is 45.1 Å². The van der Waals surface area contributed by atoms with Gasteiger partial charge in [-0.1, -0.05) is 17.8 Å². The second kappa shape index (κ2) is 9.37. The van der Waals surface area contributed by atoms with E-state index in [0.29, 0.717) is 17.9 Å². The molecule has 0 amide bonds. The fourth-order valence-electron chi connectivity index (χ4n) is 2.28. The summed E-state index contributed by atoms with van der Waals surface area (Å²) in [7, 11) is 12.6. The lowest BCUT2D eigenvalue weighted by atomic mass is 10.1. The molecule has 0 unspecified atom stereocenters. The molecule has 0 spiro atoms. The van der Waals surface area contributed by atoms with Gasteiger partial charge in [-0.2, -0.15) is 0 Å². The molecule has 1 aromatic heterocycles. The number of quaternary nitrogens is 2. The van der Waals surface area contributed by atoms with Crippen molar-refractivity contribution in [1.29, 1.82) is 0 Å². The normalized spacial score (nSPS) is 11.2. The Morgan fingerprint density at radius 1 is 0.793 bits per heavy atom. The van der Waals surface area contributed by atoms with Crippen molar-refractivity contribution >= 4 is 11.3 Å². The molecule has 0 aliphatic carbocycles. The van der Waals surface area contributed by atoms with Gasteiger partial charge in [-0.15, -0.1) is 17.3 Å². The maximum Gasteiger partial charge on any atom is 0.223 e. The summed E-state index contributed by atoms with van der Waals surface area (Å²) in [6, 6.07) is 8.02. The number of ether oxygens (including phenoxy) is 2. The van der Waals surface area contributed by atoms with E-state index in [0.717, 1.165) is 36.9 Å². The highest BCUT2D eigenvalue weighted by Gasteiger charge is 2.15. The molecule has 0 aliphatic heterocycles. The van der Waals surface area contributed by atoms with E-state index in [-0.39, 0.29) is 0 Å². The van der Waals surface area contributed by atoms with Crippen molar-refractivity contribution in [2.24, 2.45) is 0 Å². The summed E-state index contributed by atoms with van der Waals surface area (Å²) < 4.78 is 13.6. The van der Waals surface area contributed by atoms with Crippen LogP contribution in [0.4, 0.5) is 0 Å². The summed E-state index contributed by atoms with van der Waals surface area (Å²) in [5, 5.41) is 0. The molecule has 0 bridgehead atoms. The van der Waals surface area contributed by atoms with Gasteiger partial charge in [0.15, 0.2) is 0 Å². The van der Waals surface area contributed by atoms with Crippen molar-refractivity contribution in [1.82, 2.24) is 0 Å². The highest BCUT2D eigenvalue weighted by Crippen LogP contribution is 2.29. The van der Waals surface area contributed by atoms with Crippen molar-refractivity contribution in [3.8, 4) is 35.2 Å². The van der Waals surface area contributed by atoms with Crippen LogP contribution in [0, 0.1) is 30.6 Å². The average Bonchev–Trinajstić information content (AvgIpc) is 3.04. The molecular formula is C24H32N2O2S+2. The third kappa shape index (κ3) is 7.83. The number of nitrogens with zero attached hydrogens (tertiary/aromatic N) is 2. The summed E-state index contributed by atoms with van der Waals surface area (Å²) in [5.74, 6) is 14.2. The van der Waals surface area contributed by atoms with Gasteiger partial charge in [0.05, 0.1) is 57.6 Å². The predicted molar refractivity (Wildman–Crippen MR) is 121 cm³/mol. The van der Waals surface area contributed by atoms with Gasteiger partial charge in [0.2, 0.25) is 13.5 Å². The Kier molecular flexibility index (Phi) is 7.38. The Morgan fingerprint density at radius 3 is 1.90 bits per heavy atom. The number of aryl methyl sites for hydroxylation is 1. The third-order valence-electron chi connectivity index (χ3n) is 3.67. The first kappa shape index (κ1) is 22.8. The van der Waals surface area contributed by atoms with Crippen LogP contribution in [0.25, 0.3) is 0 Å². The van der Waals surface area contributed by atoms with E-state index in [1.54, 1.807) is 11.3 Å². The fourth-order valence-corrected chi connectivity index (χ4v) is 3.05. The van der Waals surface area contributed by atoms with Crippen molar-refractivity contribution in [3.63, 3.8) is 0 Å². The smallest absolute Gasteiger partial charge is 0.223 e.